The monoisotopic (exact) mass is 261 g/mol. The second kappa shape index (κ2) is 4.99. The number of nitrogens with zero attached hydrogens (tertiary/aromatic N) is 2. The number of hydrogen-bond acceptors (Lipinski definition) is 3. The van der Waals surface area contributed by atoms with Gasteiger partial charge in [0.25, 0.3) is 0 Å². The van der Waals surface area contributed by atoms with Crippen LogP contribution in [0.2, 0.25) is 0 Å². The van der Waals surface area contributed by atoms with Crippen molar-refractivity contribution in [2.75, 3.05) is 6.54 Å². The second-order valence-corrected chi connectivity index (χ2v) is 5.52. The van der Waals surface area contributed by atoms with E-state index in [9.17, 15) is 9.59 Å². The van der Waals surface area contributed by atoms with Gasteiger partial charge in [0.2, 0.25) is 11.8 Å². The van der Waals surface area contributed by atoms with Crippen molar-refractivity contribution in [1.29, 1.82) is 0 Å². The third kappa shape index (κ3) is 3.10. The summed E-state index contributed by atoms with van der Waals surface area (Å²) in [6.45, 7) is 6.38. The standard InChI is InChI=1S/C14H19N3O2/c1-10-6-11(8-15-7-10)9-17-5-4-12(18)16-14(2,3)13(17)19/h6-8H,4-5,9H2,1-3H3,(H,16,18). The van der Waals surface area contributed by atoms with Gasteiger partial charge < -0.3 is 10.2 Å². The van der Waals surface area contributed by atoms with E-state index >= 15 is 0 Å². The molecule has 1 fully saturated rings. The molecular weight excluding hydrogens is 242 g/mol. The highest BCUT2D eigenvalue weighted by atomic mass is 16.2. The highest BCUT2D eigenvalue weighted by Gasteiger charge is 2.36. The lowest BCUT2D eigenvalue weighted by Crippen LogP contribution is -2.52. The van der Waals surface area contributed by atoms with Crippen LogP contribution in [0.4, 0.5) is 0 Å². The van der Waals surface area contributed by atoms with Gasteiger partial charge >= 0.3 is 0 Å². The maximum absolute atomic E-state index is 12.4. The molecule has 0 bridgehead atoms. The van der Waals surface area contributed by atoms with Gasteiger partial charge in [-0.25, -0.2) is 0 Å². The molecule has 0 radical (unpaired) electrons. The van der Waals surface area contributed by atoms with Crippen LogP contribution < -0.4 is 5.32 Å². The number of pyridine rings is 1. The molecule has 0 aliphatic carbocycles. The van der Waals surface area contributed by atoms with Gasteiger partial charge in [-0.3, -0.25) is 14.6 Å². The first kappa shape index (κ1) is 13.5. The number of hydrogen-bond donors (Lipinski definition) is 1. The van der Waals surface area contributed by atoms with Crippen molar-refractivity contribution in [3.8, 4) is 0 Å². The number of carbonyl (C=O) groups excluding carboxylic acids is 2. The van der Waals surface area contributed by atoms with E-state index < -0.39 is 5.54 Å². The summed E-state index contributed by atoms with van der Waals surface area (Å²) in [5, 5.41) is 2.75. The molecule has 1 N–H and O–H groups in total. The van der Waals surface area contributed by atoms with E-state index in [-0.39, 0.29) is 11.8 Å². The Bertz CT molecular complexity index is 511. The number of aryl methyl sites for hydroxylation is 1. The average molecular weight is 261 g/mol. The van der Waals surface area contributed by atoms with Gasteiger partial charge in [0, 0.05) is 31.9 Å². The van der Waals surface area contributed by atoms with Crippen LogP contribution in [0.1, 0.15) is 31.4 Å². The van der Waals surface area contributed by atoms with E-state index in [0.29, 0.717) is 19.5 Å². The molecule has 1 aromatic heterocycles. The average Bonchev–Trinajstić information content (AvgIpc) is 2.40. The smallest absolute Gasteiger partial charge is 0.248 e. The van der Waals surface area contributed by atoms with E-state index in [1.807, 2.05) is 13.0 Å². The molecule has 2 heterocycles. The molecule has 0 spiro atoms. The fourth-order valence-electron chi connectivity index (χ4n) is 2.27. The van der Waals surface area contributed by atoms with Crippen molar-refractivity contribution < 1.29 is 9.59 Å². The molecule has 1 saturated heterocycles. The van der Waals surface area contributed by atoms with E-state index in [1.54, 1.807) is 31.1 Å². The highest BCUT2D eigenvalue weighted by Crippen LogP contribution is 2.16. The maximum Gasteiger partial charge on any atom is 0.248 e. The molecule has 0 atom stereocenters. The Balaban J connectivity index is 2.19. The van der Waals surface area contributed by atoms with Gasteiger partial charge in [0.15, 0.2) is 0 Å². The lowest BCUT2D eigenvalue weighted by Gasteiger charge is -2.28. The van der Waals surface area contributed by atoms with E-state index in [1.165, 1.54) is 0 Å². The van der Waals surface area contributed by atoms with Crippen LogP contribution in [0.3, 0.4) is 0 Å². The molecule has 0 saturated carbocycles. The van der Waals surface area contributed by atoms with Crippen molar-refractivity contribution in [2.45, 2.75) is 39.3 Å². The zero-order chi connectivity index (χ0) is 14.0. The largest absolute Gasteiger partial charge is 0.342 e. The molecule has 0 unspecified atom stereocenters. The zero-order valence-electron chi connectivity index (χ0n) is 11.6. The van der Waals surface area contributed by atoms with Gasteiger partial charge in [-0.15, -0.1) is 0 Å². The van der Waals surface area contributed by atoms with Crippen LogP contribution in [0, 0.1) is 6.92 Å². The van der Waals surface area contributed by atoms with Crippen molar-refractivity contribution in [3.05, 3.63) is 29.6 Å². The first-order chi connectivity index (χ1) is 8.88. The van der Waals surface area contributed by atoms with Gasteiger partial charge in [-0.05, 0) is 31.9 Å². The molecule has 0 aromatic carbocycles. The van der Waals surface area contributed by atoms with Gasteiger partial charge in [0.1, 0.15) is 5.54 Å². The summed E-state index contributed by atoms with van der Waals surface area (Å²) >= 11 is 0. The van der Waals surface area contributed by atoms with E-state index in [2.05, 4.69) is 10.3 Å². The summed E-state index contributed by atoms with van der Waals surface area (Å²) in [6, 6.07) is 2.01. The molecule has 2 rings (SSSR count). The Morgan fingerprint density at radius 2 is 2.11 bits per heavy atom. The minimum Gasteiger partial charge on any atom is -0.342 e. The van der Waals surface area contributed by atoms with Crippen LogP contribution >= 0.6 is 0 Å². The highest BCUT2D eigenvalue weighted by molar-refractivity contribution is 5.92. The maximum atomic E-state index is 12.4. The fraction of sp³-hybridized carbons (Fsp3) is 0.500. The summed E-state index contributed by atoms with van der Waals surface area (Å²) < 4.78 is 0. The topological polar surface area (TPSA) is 62.3 Å². The second-order valence-electron chi connectivity index (χ2n) is 5.52. The van der Waals surface area contributed by atoms with Crippen molar-refractivity contribution >= 4 is 11.8 Å². The van der Waals surface area contributed by atoms with E-state index in [4.69, 9.17) is 0 Å². The van der Waals surface area contributed by atoms with E-state index in [0.717, 1.165) is 11.1 Å². The van der Waals surface area contributed by atoms with Crippen molar-refractivity contribution in [3.63, 3.8) is 0 Å². The third-order valence-corrected chi connectivity index (χ3v) is 3.19. The third-order valence-electron chi connectivity index (χ3n) is 3.19. The number of carbonyl (C=O) groups is 2. The molecule has 5 nitrogen and oxygen atoms in total. The van der Waals surface area contributed by atoms with Crippen LogP contribution in [0.15, 0.2) is 18.5 Å². The molecule has 5 heteroatoms. The molecule has 19 heavy (non-hydrogen) atoms. The lowest BCUT2D eigenvalue weighted by molar-refractivity contribution is -0.137. The van der Waals surface area contributed by atoms with Crippen LogP contribution in [-0.2, 0) is 16.1 Å². The van der Waals surface area contributed by atoms with Gasteiger partial charge in [0.05, 0.1) is 0 Å². The summed E-state index contributed by atoms with van der Waals surface area (Å²) in [5.74, 6) is -0.136. The van der Waals surface area contributed by atoms with Crippen LogP contribution in [0.25, 0.3) is 0 Å². The first-order valence-corrected chi connectivity index (χ1v) is 6.39. The number of amides is 2. The molecular formula is C14H19N3O2. The number of nitrogens with one attached hydrogen (secondary N) is 1. The summed E-state index contributed by atoms with van der Waals surface area (Å²) in [7, 11) is 0. The number of rotatable bonds is 2. The molecule has 102 valence electrons. The van der Waals surface area contributed by atoms with Gasteiger partial charge in [-0.1, -0.05) is 6.07 Å². The fourth-order valence-corrected chi connectivity index (χ4v) is 2.27. The van der Waals surface area contributed by atoms with Crippen molar-refractivity contribution in [2.24, 2.45) is 0 Å². The quantitative estimate of drug-likeness (QED) is 0.864. The normalized spacial score (nSPS) is 19.0. The summed E-state index contributed by atoms with van der Waals surface area (Å²) in [4.78, 5) is 29.8. The molecule has 1 aliphatic rings. The van der Waals surface area contributed by atoms with Crippen molar-refractivity contribution in [1.82, 2.24) is 15.2 Å². The molecule has 1 aliphatic heterocycles. The minimum atomic E-state index is -0.842. The Morgan fingerprint density at radius 3 is 2.79 bits per heavy atom. The molecule has 1 aromatic rings. The Labute approximate surface area is 113 Å². The summed E-state index contributed by atoms with van der Waals surface area (Å²) in [6.07, 6.45) is 3.88. The van der Waals surface area contributed by atoms with Gasteiger partial charge in [-0.2, -0.15) is 0 Å². The Morgan fingerprint density at radius 1 is 1.37 bits per heavy atom. The lowest BCUT2D eigenvalue weighted by atomic mass is 10.0. The zero-order valence-corrected chi connectivity index (χ0v) is 11.6. The van der Waals surface area contributed by atoms with Crippen LogP contribution in [0.5, 0.6) is 0 Å². The molecule has 2 amide bonds. The SMILES string of the molecule is Cc1cncc(CN2CCC(=O)NC(C)(C)C2=O)c1. The first-order valence-electron chi connectivity index (χ1n) is 6.39. The minimum absolute atomic E-state index is 0.0557. The van der Waals surface area contributed by atoms with Crippen LogP contribution in [-0.4, -0.2) is 33.8 Å². The predicted molar refractivity (Wildman–Crippen MR) is 71.2 cm³/mol. The Kier molecular flexibility index (Phi) is 3.55. The summed E-state index contributed by atoms with van der Waals surface area (Å²) in [5.41, 5.74) is 1.21. The number of aromatic nitrogens is 1. The predicted octanol–water partition coefficient (Wildman–Crippen LogP) is 1.02. The Hall–Kier alpha value is -1.91.